The fourth-order valence-electron chi connectivity index (χ4n) is 2.70. The molecule has 2 aromatic carbocycles. The first-order valence-electron chi connectivity index (χ1n) is 8.62. The van der Waals surface area contributed by atoms with Crippen LogP contribution in [-0.4, -0.2) is 46.2 Å². The predicted molar refractivity (Wildman–Crippen MR) is 103 cm³/mol. The summed E-state index contributed by atoms with van der Waals surface area (Å²) >= 11 is 5.11. The molecule has 3 rings (SSSR count). The van der Waals surface area contributed by atoms with Gasteiger partial charge in [-0.1, -0.05) is 35.9 Å². The smallest absolute Gasteiger partial charge is 0.358 e. The maximum atomic E-state index is 10.6. The number of aliphatic hydroxyl groups excluding tert-OH is 2. The number of hydrogen-bond acceptors (Lipinski definition) is 7. The minimum absolute atomic E-state index is 0.200. The third-order valence-corrected chi connectivity index (χ3v) is 4.41. The summed E-state index contributed by atoms with van der Waals surface area (Å²) in [5, 5.41) is 20.7. The van der Waals surface area contributed by atoms with E-state index in [-0.39, 0.29) is 5.24 Å². The van der Waals surface area contributed by atoms with Gasteiger partial charge in [-0.2, -0.15) is 0 Å². The number of aryl methyl sites for hydroxylation is 1. The summed E-state index contributed by atoms with van der Waals surface area (Å²) in [7, 11) is 0. The van der Waals surface area contributed by atoms with E-state index in [9.17, 15) is 10.2 Å². The van der Waals surface area contributed by atoms with Gasteiger partial charge in [-0.05, 0) is 38.1 Å². The van der Waals surface area contributed by atoms with Crippen LogP contribution in [0.3, 0.4) is 0 Å². The molecule has 2 N–H and O–H groups in total. The Labute approximate surface area is 163 Å². The SMILES string of the molecule is Cc1ccc(OC(=S)O[C@@H]2[C@@H](O)[C@H](C)O[C@H](Oc3ccccc3)[C@@H]2O)cc1. The lowest BCUT2D eigenvalue weighted by Crippen LogP contribution is -2.59. The molecule has 6 nitrogen and oxygen atoms in total. The second-order valence-corrected chi connectivity index (χ2v) is 6.70. The van der Waals surface area contributed by atoms with Crippen molar-refractivity contribution in [2.45, 2.75) is 44.6 Å². The van der Waals surface area contributed by atoms with Gasteiger partial charge in [-0.3, -0.25) is 0 Å². The first-order valence-corrected chi connectivity index (χ1v) is 9.03. The highest BCUT2D eigenvalue weighted by molar-refractivity contribution is 7.79. The summed E-state index contributed by atoms with van der Waals surface area (Å²) in [5.74, 6) is 1.04. The molecule has 0 amide bonds. The predicted octanol–water partition coefficient (Wildman–Crippen LogP) is 2.59. The molecule has 0 aliphatic carbocycles. The molecule has 0 unspecified atom stereocenters. The van der Waals surface area contributed by atoms with E-state index >= 15 is 0 Å². The molecule has 1 saturated heterocycles. The molecule has 0 bridgehead atoms. The van der Waals surface area contributed by atoms with Crippen LogP contribution < -0.4 is 9.47 Å². The van der Waals surface area contributed by atoms with Crippen LogP contribution in [0.4, 0.5) is 0 Å². The highest BCUT2D eigenvalue weighted by Crippen LogP contribution is 2.26. The van der Waals surface area contributed by atoms with Crippen molar-refractivity contribution in [1.29, 1.82) is 0 Å². The maximum Gasteiger partial charge on any atom is 0.358 e. The van der Waals surface area contributed by atoms with Crippen molar-refractivity contribution in [3.8, 4) is 11.5 Å². The highest BCUT2D eigenvalue weighted by Gasteiger charge is 2.46. The van der Waals surface area contributed by atoms with E-state index in [4.69, 9.17) is 31.2 Å². The molecule has 1 aliphatic rings. The van der Waals surface area contributed by atoms with Crippen molar-refractivity contribution in [3.63, 3.8) is 0 Å². The molecule has 0 aromatic heterocycles. The molecule has 144 valence electrons. The van der Waals surface area contributed by atoms with E-state index in [1.54, 1.807) is 43.3 Å². The number of para-hydroxylation sites is 1. The van der Waals surface area contributed by atoms with Crippen molar-refractivity contribution in [3.05, 3.63) is 60.2 Å². The summed E-state index contributed by atoms with van der Waals surface area (Å²) in [6, 6.07) is 16.2. The Morgan fingerprint density at radius 1 is 0.963 bits per heavy atom. The second-order valence-electron chi connectivity index (χ2n) is 6.37. The van der Waals surface area contributed by atoms with Crippen molar-refractivity contribution in [2.75, 3.05) is 0 Å². The third-order valence-electron chi connectivity index (χ3n) is 4.23. The standard InChI is InChI=1S/C20H22O6S/c1-12-8-10-15(11-9-12)25-20(27)26-18-16(21)13(2)23-19(17(18)22)24-14-6-4-3-5-7-14/h3-11,13,16-19,21-22H,1-2H3/t13-,16-,17+,18+,19+/m0/s1. The lowest BCUT2D eigenvalue weighted by molar-refractivity contribution is -0.266. The summed E-state index contributed by atoms with van der Waals surface area (Å²) < 4.78 is 22.3. The Morgan fingerprint density at radius 3 is 2.30 bits per heavy atom. The average molecular weight is 390 g/mol. The van der Waals surface area contributed by atoms with Gasteiger partial charge in [0.1, 0.15) is 17.6 Å². The molecule has 2 aromatic rings. The van der Waals surface area contributed by atoms with E-state index < -0.39 is 30.7 Å². The van der Waals surface area contributed by atoms with E-state index in [0.717, 1.165) is 5.56 Å². The molecule has 7 heteroatoms. The first kappa shape index (κ1) is 19.6. The minimum atomic E-state index is -1.27. The zero-order chi connectivity index (χ0) is 19.4. The van der Waals surface area contributed by atoms with Crippen LogP contribution in [0, 0.1) is 6.92 Å². The van der Waals surface area contributed by atoms with Crippen LogP contribution in [-0.2, 0) is 9.47 Å². The summed E-state index contributed by atoms with van der Waals surface area (Å²) in [6.07, 6.45) is -5.07. The average Bonchev–Trinajstić information content (AvgIpc) is 2.66. The molecule has 1 aliphatic heterocycles. The summed E-state index contributed by atoms with van der Waals surface area (Å²) in [4.78, 5) is 0. The third kappa shape index (κ3) is 4.95. The van der Waals surface area contributed by atoms with Crippen LogP contribution >= 0.6 is 12.2 Å². The number of aliphatic hydroxyl groups is 2. The Kier molecular flexibility index (Phi) is 6.28. The van der Waals surface area contributed by atoms with E-state index in [0.29, 0.717) is 11.5 Å². The molecule has 27 heavy (non-hydrogen) atoms. The Bertz CT molecular complexity index is 751. The largest absolute Gasteiger partial charge is 0.462 e. The molecule has 0 spiro atoms. The Hall–Kier alpha value is -2.19. The first-order chi connectivity index (χ1) is 12.9. The summed E-state index contributed by atoms with van der Waals surface area (Å²) in [5.41, 5.74) is 1.08. The molecule has 0 radical (unpaired) electrons. The number of hydrogen-bond donors (Lipinski definition) is 2. The molecular formula is C20H22O6S. The molecule has 1 fully saturated rings. The van der Waals surface area contributed by atoms with Gasteiger partial charge in [0.15, 0.2) is 12.2 Å². The van der Waals surface area contributed by atoms with Gasteiger partial charge in [-0.25, -0.2) is 0 Å². The van der Waals surface area contributed by atoms with Crippen molar-refractivity contribution < 1.29 is 29.2 Å². The number of rotatable bonds is 4. The summed E-state index contributed by atoms with van der Waals surface area (Å²) in [6.45, 7) is 3.62. The molecule has 1 heterocycles. The lowest BCUT2D eigenvalue weighted by Gasteiger charge is -2.40. The van der Waals surface area contributed by atoms with Gasteiger partial charge < -0.3 is 29.2 Å². The van der Waals surface area contributed by atoms with E-state index in [1.165, 1.54) is 0 Å². The number of thiocarbonyl (C=S) groups is 1. The van der Waals surface area contributed by atoms with Gasteiger partial charge in [0.05, 0.1) is 6.10 Å². The fraction of sp³-hybridized carbons (Fsp3) is 0.350. The Balaban J connectivity index is 1.66. The van der Waals surface area contributed by atoms with Gasteiger partial charge in [0, 0.05) is 12.2 Å². The minimum Gasteiger partial charge on any atom is -0.462 e. The quantitative estimate of drug-likeness (QED) is 0.777. The topological polar surface area (TPSA) is 77.4 Å². The van der Waals surface area contributed by atoms with E-state index in [1.807, 2.05) is 25.1 Å². The maximum absolute atomic E-state index is 10.6. The second kappa shape index (κ2) is 8.67. The monoisotopic (exact) mass is 390 g/mol. The van der Waals surface area contributed by atoms with Gasteiger partial charge in [0.2, 0.25) is 6.29 Å². The van der Waals surface area contributed by atoms with Crippen LogP contribution in [0.2, 0.25) is 0 Å². The zero-order valence-corrected chi connectivity index (χ0v) is 15.8. The Morgan fingerprint density at radius 2 is 1.63 bits per heavy atom. The lowest BCUT2D eigenvalue weighted by atomic mass is 10.00. The van der Waals surface area contributed by atoms with Crippen molar-refractivity contribution in [1.82, 2.24) is 0 Å². The zero-order valence-electron chi connectivity index (χ0n) is 15.0. The molecular weight excluding hydrogens is 368 g/mol. The number of ether oxygens (including phenoxy) is 4. The van der Waals surface area contributed by atoms with Crippen LogP contribution in [0.25, 0.3) is 0 Å². The normalized spacial score (nSPS) is 27.6. The van der Waals surface area contributed by atoms with Crippen LogP contribution in [0.15, 0.2) is 54.6 Å². The van der Waals surface area contributed by atoms with Crippen LogP contribution in [0.1, 0.15) is 12.5 Å². The van der Waals surface area contributed by atoms with E-state index in [2.05, 4.69) is 0 Å². The van der Waals surface area contributed by atoms with Gasteiger partial charge in [0.25, 0.3) is 0 Å². The number of benzene rings is 2. The fourth-order valence-corrected chi connectivity index (χ4v) is 2.91. The van der Waals surface area contributed by atoms with Crippen molar-refractivity contribution >= 4 is 17.5 Å². The van der Waals surface area contributed by atoms with Crippen LogP contribution in [0.5, 0.6) is 11.5 Å². The molecule has 5 atom stereocenters. The van der Waals surface area contributed by atoms with Gasteiger partial charge in [-0.15, -0.1) is 0 Å². The highest BCUT2D eigenvalue weighted by atomic mass is 32.1. The molecule has 0 saturated carbocycles. The van der Waals surface area contributed by atoms with Crippen molar-refractivity contribution in [2.24, 2.45) is 0 Å². The van der Waals surface area contributed by atoms with Gasteiger partial charge >= 0.3 is 5.24 Å².